The number of nitrogens with zero attached hydrogens (tertiary/aromatic N) is 3. The van der Waals surface area contributed by atoms with Crippen molar-refractivity contribution in [1.29, 1.82) is 0 Å². The number of anilines is 1. The molecule has 3 saturated heterocycles. The molecule has 67 heavy (non-hydrogen) atoms. The fourth-order valence-electron chi connectivity index (χ4n) is 9.51. The number of aliphatic carboxylic acids is 1. The maximum atomic E-state index is 14.3. The topological polar surface area (TPSA) is 231 Å². The predicted octanol–water partition coefficient (Wildman–Crippen LogP) is 4.66. The van der Waals surface area contributed by atoms with E-state index in [0.29, 0.717) is 43.5 Å². The first-order valence-corrected chi connectivity index (χ1v) is 24.1. The summed E-state index contributed by atoms with van der Waals surface area (Å²) < 4.78 is 29.4. The average Bonchev–Trinajstić information content (AvgIpc) is 3.91. The first kappa shape index (κ1) is 51.7. The molecule has 1 aromatic carbocycles. The Morgan fingerprint density at radius 1 is 1.09 bits per heavy atom. The van der Waals surface area contributed by atoms with Gasteiger partial charge in [-0.25, -0.2) is 9.59 Å². The number of thioether (sulfide) groups is 1. The third-order valence-electron chi connectivity index (χ3n) is 14.0. The number of likely N-dealkylation sites (N-methyl/N-ethyl adjacent to an activating group) is 1. The van der Waals surface area contributed by atoms with Gasteiger partial charge in [0.2, 0.25) is 23.6 Å². The number of allylic oxidation sites excluding steroid dienone is 3. The van der Waals surface area contributed by atoms with Crippen LogP contribution in [0.25, 0.3) is 0 Å². The summed E-state index contributed by atoms with van der Waals surface area (Å²) in [4.78, 5) is 96.2. The van der Waals surface area contributed by atoms with Gasteiger partial charge in [-0.1, -0.05) is 42.3 Å². The number of hydrogen-bond donors (Lipinski definition) is 3. The third-order valence-corrected chi connectivity index (χ3v) is 15.6. The summed E-state index contributed by atoms with van der Waals surface area (Å²) in [6.45, 7) is 7.10. The molecule has 1 aliphatic carbocycles. The van der Waals surface area contributed by atoms with E-state index in [1.54, 1.807) is 45.2 Å². The number of carbonyl (C=O) groups excluding carboxylic acids is 6. The number of halogens is 1. The fourth-order valence-corrected chi connectivity index (χ4v) is 10.9. The molecule has 3 N–H and O–H groups in total. The van der Waals surface area contributed by atoms with Crippen molar-refractivity contribution in [2.24, 2.45) is 17.8 Å². The summed E-state index contributed by atoms with van der Waals surface area (Å²) in [5, 5.41) is 23.2. The Balaban J connectivity index is 1.16. The lowest BCUT2D eigenvalue weighted by molar-refractivity contribution is -0.162. The third kappa shape index (κ3) is 11.6. The van der Waals surface area contributed by atoms with Crippen molar-refractivity contribution in [2.75, 3.05) is 45.5 Å². The highest BCUT2D eigenvalue weighted by Crippen LogP contribution is 2.49. The minimum absolute atomic E-state index is 0.00460. The molecule has 6 rings (SSSR count). The molecule has 4 heterocycles. The Bertz CT molecular complexity index is 2170. The molecule has 5 amide bonds. The summed E-state index contributed by atoms with van der Waals surface area (Å²) in [6.07, 6.45) is 2.63. The van der Waals surface area contributed by atoms with Gasteiger partial charge in [0.25, 0.3) is 0 Å². The molecule has 5 aliphatic rings. The van der Waals surface area contributed by atoms with Crippen LogP contribution in [0.5, 0.6) is 5.75 Å². The van der Waals surface area contributed by atoms with Crippen molar-refractivity contribution >= 4 is 70.7 Å². The van der Waals surface area contributed by atoms with E-state index in [9.17, 15) is 43.8 Å². The van der Waals surface area contributed by atoms with Gasteiger partial charge in [0.05, 0.1) is 36.5 Å². The zero-order valence-electron chi connectivity index (χ0n) is 39.3. The first-order valence-electron chi connectivity index (χ1n) is 22.6. The zero-order valence-corrected chi connectivity index (χ0v) is 40.9. The number of rotatable bonds is 12. The Labute approximate surface area is 400 Å². The second kappa shape index (κ2) is 21.3. The minimum atomic E-state index is -1.88. The molecule has 20 heteroatoms. The summed E-state index contributed by atoms with van der Waals surface area (Å²) in [5.74, 6) is -3.58. The Morgan fingerprint density at radius 2 is 1.79 bits per heavy atom. The number of carboxylic acids is 1. The molecule has 9 atom stereocenters. The smallest absolute Gasteiger partial charge is 0.409 e. The van der Waals surface area contributed by atoms with Gasteiger partial charge in [0, 0.05) is 58.7 Å². The van der Waals surface area contributed by atoms with Gasteiger partial charge in [-0.2, -0.15) is 0 Å². The molecule has 1 unspecified atom stereocenters. The van der Waals surface area contributed by atoms with Gasteiger partial charge in [-0.3, -0.25) is 34.2 Å². The number of ether oxygens (including phenoxy) is 5. The van der Waals surface area contributed by atoms with Crippen molar-refractivity contribution < 1.29 is 67.5 Å². The standard InChI is InChI=1S/C47H63ClN4O14S/c1-25-10-9-11-35(63-8)47(61)23-33(64-45(60)49-47)26(2)41-46(4,66-41)36(22-38(54)51(6)31-19-29(18-25)20-32(62-7)40(31)48)65-44(59)27(3)50(5)37(53)16-17-67-34-21-39(55)52(42(34)56)24-28-12-14-30(15-13-28)43(57)58/h9-11,19-20,26-28,30,33-36,41,61H,12-18,21-24H2,1-8H3,(H,49,60)(H,57,58)/b11-9+,25-10+/t26-,27+,28-,30-,33+,34?,35-,36+,41+,46+,47+/m1/s1. The van der Waals surface area contributed by atoms with Crippen LogP contribution in [0.15, 0.2) is 35.9 Å². The molecule has 4 aliphatic heterocycles. The number of likely N-dealkylation sites (tertiary alicyclic amines) is 1. The summed E-state index contributed by atoms with van der Waals surface area (Å²) in [5.41, 5.74) is -1.16. The summed E-state index contributed by atoms with van der Waals surface area (Å²) in [6, 6.07) is 2.40. The van der Waals surface area contributed by atoms with E-state index in [4.69, 9.17) is 35.3 Å². The average molecular weight is 976 g/mol. The molecule has 1 saturated carbocycles. The van der Waals surface area contributed by atoms with Crippen molar-refractivity contribution in [2.45, 2.75) is 133 Å². The van der Waals surface area contributed by atoms with E-state index in [2.05, 4.69) is 5.32 Å². The summed E-state index contributed by atoms with van der Waals surface area (Å²) in [7, 11) is 5.87. The molecule has 0 aromatic heterocycles. The van der Waals surface area contributed by atoms with E-state index >= 15 is 0 Å². The number of alkyl carbamates (subject to hydrolysis) is 1. The number of hydrogen-bond acceptors (Lipinski definition) is 14. The van der Waals surface area contributed by atoms with Crippen LogP contribution in [0, 0.1) is 17.8 Å². The lowest BCUT2D eigenvalue weighted by atomic mass is 9.82. The predicted molar refractivity (Wildman–Crippen MR) is 246 cm³/mol. The maximum absolute atomic E-state index is 14.3. The second-order valence-electron chi connectivity index (χ2n) is 18.6. The number of carbonyl (C=O) groups is 7. The number of nitrogens with one attached hydrogen (secondary N) is 1. The number of carboxylic acid groups (broad SMARTS) is 1. The zero-order chi connectivity index (χ0) is 49.1. The molecular weight excluding hydrogens is 912 g/mol. The van der Waals surface area contributed by atoms with Crippen molar-refractivity contribution in [1.82, 2.24) is 15.1 Å². The number of esters is 1. The van der Waals surface area contributed by atoms with E-state index in [0.717, 1.165) is 11.1 Å². The maximum Gasteiger partial charge on any atom is 0.409 e. The van der Waals surface area contributed by atoms with Gasteiger partial charge in [-0.15, -0.1) is 11.8 Å². The lowest BCUT2D eigenvalue weighted by Gasteiger charge is -2.42. The molecule has 0 radical (unpaired) electrons. The Morgan fingerprint density at radius 3 is 2.45 bits per heavy atom. The first-order chi connectivity index (χ1) is 31.6. The van der Waals surface area contributed by atoms with Crippen LogP contribution >= 0.6 is 23.4 Å². The van der Waals surface area contributed by atoms with Gasteiger partial charge in [0.1, 0.15) is 40.7 Å². The van der Waals surface area contributed by atoms with E-state index in [1.165, 1.54) is 54.7 Å². The number of methoxy groups -OCH3 is 2. The molecular formula is C47H63ClN4O14S. The highest BCUT2D eigenvalue weighted by Gasteiger charge is 2.64. The van der Waals surface area contributed by atoms with Crippen LogP contribution in [-0.4, -0.2) is 149 Å². The fraction of sp³-hybridized carbons (Fsp3) is 0.638. The van der Waals surface area contributed by atoms with E-state index in [1.807, 2.05) is 13.0 Å². The minimum Gasteiger partial charge on any atom is -0.495 e. The van der Waals surface area contributed by atoms with Crippen molar-refractivity contribution in [3.05, 3.63) is 46.5 Å². The van der Waals surface area contributed by atoms with Crippen LogP contribution in [0.4, 0.5) is 10.5 Å². The highest BCUT2D eigenvalue weighted by molar-refractivity contribution is 8.00. The molecule has 1 aromatic rings. The molecule has 4 fully saturated rings. The van der Waals surface area contributed by atoms with E-state index in [-0.39, 0.29) is 60.7 Å². The number of fused-ring (bicyclic) bond motifs is 5. The van der Waals surface area contributed by atoms with Crippen LogP contribution in [0.1, 0.15) is 84.6 Å². The number of epoxide rings is 1. The quantitative estimate of drug-likeness (QED) is 0.147. The Hall–Kier alpha value is -4.69. The van der Waals surface area contributed by atoms with Crippen LogP contribution in [0.3, 0.4) is 0 Å². The van der Waals surface area contributed by atoms with Gasteiger partial charge < -0.3 is 43.7 Å². The number of imide groups is 1. The lowest BCUT2D eigenvalue weighted by Crippen LogP contribution is -2.63. The molecule has 0 spiro atoms. The van der Waals surface area contributed by atoms with Crippen LogP contribution in [-0.2, 0) is 54.1 Å². The van der Waals surface area contributed by atoms with Crippen LogP contribution < -0.4 is 15.0 Å². The number of amides is 5. The molecule has 4 bridgehead atoms. The summed E-state index contributed by atoms with van der Waals surface area (Å²) >= 11 is 8.00. The normalized spacial score (nSPS) is 33.1. The van der Waals surface area contributed by atoms with Crippen molar-refractivity contribution in [3.63, 3.8) is 0 Å². The molecule has 18 nitrogen and oxygen atoms in total. The van der Waals surface area contributed by atoms with Crippen molar-refractivity contribution in [3.8, 4) is 5.75 Å². The van der Waals surface area contributed by atoms with Gasteiger partial charge in [0.15, 0.2) is 5.72 Å². The highest BCUT2D eigenvalue weighted by atomic mass is 35.5. The largest absolute Gasteiger partial charge is 0.495 e. The monoisotopic (exact) mass is 974 g/mol. The number of benzene rings is 1. The SMILES string of the molecule is COc1cc2cc(c1Cl)N(C)C(=O)C[C@H](OC(=O)[C@H](C)N(C)C(=O)CCSC1CC(=O)N(C[C@H]3CC[C@H](C(=O)O)CC3)C1=O)[C@]1(C)O[C@H]1[C@H](C)[C@@H]1C[C@@](O)(NC(=O)O1)[C@H](OC)/C=C/C=C(\C)C2. The van der Waals surface area contributed by atoms with Crippen LogP contribution in [0.2, 0.25) is 5.02 Å². The van der Waals surface area contributed by atoms with E-state index < -0.39 is 88.7 Å². The Kier molecular flexibility index (Phi) is 16.4. The second-order valence-corrected chi connectivity index (χ2v) is 20.3. The van der Waals surface area contributed by atoms with Gasteiger partial charge >= 0.3 is 18.0 Å². The number of aliphatic hydroxyl groups is 1. The molecule has 368 valence electrons. The van der Waals surface area contributed by atoms with Gasteiger partial charge in [-0.05, 0) is 76.5 Å².